The van der Waals surface area contributed by atoms with E-state index in [1.807, 2.05) is 20.0 Å². The Bertz CT molecular complexity index is 660. The first kappa shape index (κ1) is 21.7. The van der Waals surface area contributed by atoms with E-state index in [1.165, 1.54) is 6.07 Å². The number of nitrogens with zero attached hydrogens (tertiary/aromatic N) is 1. The summed E-state index contributed by atoms with van der Waals surface area (Å²) in [5.74, 6) is 0.598. The molecule has 0 unspecified atom stereocenters. The zero-order chi connectivity index (χ0) is 17.2. The molecule has 0 bridgehead atoms. The van der Waals surface area contributed by atoms with Gasteiger partial charge in [0.05, 0.1) is 0 Å². The molecule has 0 saturated carbocycles. The van der Waals surface area contributed by atoms with Gasteiger partial charge in [0, 0.05) is 49.9 Å². The Kier molecular flexibility index (Phi) is 10.5. The fourth-order valence-corrected chi connectivity index (χ4v) is 2.52. The Hall–Kier alpha value is -1.35. The number of aromatic amines is 1. The normalized spacial score (nSPS) is 11.4. The average molecular weight is 462 g/mol. The van der Waals surface area contributed by atoms with E-state index in [1.54, 1.807) is 12.1 Å². The Labute approximate surface area is 165 Å². The van der Waals surface area contributed by atoms with Crippen LogP contribution in [0.25, 0.3) is 10.9 Å². The number of rotatable bonds is 9. The molecule has 1 aromatic carbocycles. The average Bonchev–Trinajstić information content (AvgIpc) is 2.97. The molecule has 0 aliphatic rings. The van der Waals surface area contributed by atoms with Gasteiger partial charge in [-0.2, -0.15) is 0 Å². The number of nitrogens with one attached hydrogen (secondary N) is 3. The lowest BCUT2D eigenvalue weighted by molar-refractivity contribution is 0.146. The molecule has 0 radical (unpaired) electrons. The summed E-state index contributed by atoms with van der Waals surface area (Å²) in [6.45, 7) is 7.79. The maximum atomic E-state index is 13.4. The number of fused-ring (bicyclic) bond motifs is 1. The number of ether oxygens (including phenoxy) is 1. The number of H-pyrrole nitrogens is 1. The molecular formula is C18H28FIN4O. The molecular weight excluding hydrogens is 434 g/mol. The second-order valence-corrected chi connectivity index (χ2v) is 5.49. The van der Waals surface area contributed by atoms with Crippen molar-refractivity contribution in [2.75, 3.05) is 32.8 Å². The van der Waals surface area contributed by atoms with Gasteiger partial charge in [-0.1, -0.05) is 0 Å². The minimum absolute atomic E-state index is 0. The number of aliphatic imine (C=N–C) groups is 1. The molecule has 1 aromatic heterocycles. The van der Waals surface area contributed by atoms with E-state index in [4.69, 9.17) is 4.74 Å². The van der Waals surface area contributed by atoms with Crippen molar-refractivity contribution in [2.24, 2.45) is 4.99 Å². The standard InChI is InChI=1S/C18H27FN4O.HI/c1-3-20-18(21-9-5-11-24-4-2)22-10-8-14-13-23-17-7-6-15(19)12-16(14)17;/h6-7,12-13,23H,3-5,8-11H2,1-2H3,(H2,20,21,22);1H. The highest BCUT2D eigenvalue weighted by Crippen LogP contribution is 2.19. The summed E-state index contributed by atoms with van der Waals surface area (Å²) in [6, 6.07) is 4.82. The van der Waals surface area contributed by atoms with Crippen LogP contribution in [0, 0.1) is 5.82 Å². The number of benzene rings is 1. The molecule has 0 atom stereocenters. The smallest absolute Gasteiger partial charge is 0.191 e. The fraction of sp³-hybridized carbons (Fsp3) is 0.500. The number of halogens is 2. The van der Waals surface area contributed by atoms with Gasteiger partial charge in [-0.25, -0.2) is 4.39 Å². The SMILES string of the molecule is CCNC(=NCCCOCC)NCCc1c[nH]c2ccc(F)cc12.I. The Morgan fingerprint density at radius 1 is 1.28 bits per heavy atom. The van der Waals surface area contributed by atoms with Gasteiger partial charge < -0.3 is 20.4 Å². The topological polar surface area (TPSA) is 61.4 Å². The summed E-state index contributed by atoms with van der Waals surface area (Å²) < 4.78 is 18.7. The van der Waals surface area contributed by atoms with Crippen molar-refractivity contribution in [3.63, 3.8) is 0 Å². The zero-order valence-corrected chi connectivity index (χ0v) is 17.2. The fourth-order valence-electron chi connectivity index (χ4n) is 2.52. The molecule has 0 spiro atoms. The van der Waals surface area contributed by atoms with E-state index in [0.717, 1.165) is 68.1 Å². The third-order valence-electron chi connectivity index (χ3n) is 3.68. The molecule has 0 fully saturated rings. The predicted octanol–water partition coefficient (Wildman–Crippen LogP) is 3.45. The third-order valence-corrected chi connectivity index (χ3v) is 3.68. The summed E-state index contributed by atoms with van der Waals surface area (Å²) in [7, 11) is 0. The van der Waals surface area contributed by atoms with Crippen LogP contribution < -0.4 is 10.6 Å². The summed E-state index contributed by atoms with van der Waals surface area (Å²) in [5.41, 5.74) is 2.06. The zero-order valence-electron chi connectivity index (χ0n) is 14.9. The summed E-state index contributed by atoms with van der Waals surface area (Å²) in [5, 5.41) is 7.49. The number of guanidine groups is 1. The van der Waals surface area contributed by atoms with E-state index in [0.29, 0.717) is 0 Å². The lowest BCUT2D eigenvalue weighted by Gasteiger charge is -2.11. The second kappa shape index (κ2) is 12.1. The lowest BCUT2D eigenvalue weighted by Crippen LogP contribution is -2.38. The van der Waals surface area contributed by atoms with Gasteiger partial charge in [-0.05, 0) is 50.5 Å². The minimum Gasteiger partial charge on any atom is -0.382 e. The van der Waals surface area contributed by atoms with Crippen molar-refractivity contribution in [3.05, 3.63) is 35.8 Å². The van der Waals surface area contributed by atoms with Crippen molar-refractivity contribution in [3.8, 4) is 0 Å². The van der Waals surface area contributed by atoms with Crippen molar-refractivity contribution < 1.29 is 9.13 Å². The molecule has 5 nitrogen and oxygen atoms in total. The highest BCUT2D eigenvalue weighted by molar-refractivity contribution is 14.0. The molecule has 2 rings (SSSR count). The van der Waals surface area contributed by atoms with Gasteiger partial charge in [0.15, 0.2) is 5.96 Å². The Morgan fingerprint density at radius 2 is 2.12 bits per heavy atom. The first-order chi connectivity index (χ1) is 11.7. The van der Waals surface area contributed by atoms with Crippen molar-refractivity contribution >= 4 is 40.8 Å². The van der Waals surface area contributed by atoms with Gasteiger partial charge in [-0.3, -0.25) is 4.99 Å². The highest BCUT2D eigenvalue weighted by Gasteiger charge is 2.05. The molecule has 7 heteroatoms. The maximum absolute atomic E-state index is 13.4. The Morgan fingerprint density at radius 3 is 2.88 bits per heavy atom. The molecule has 0 amide bonds. The largest absolute Gasteiger partial charge is 0.382 e. The number of aromatic nitrogens is 1. The van der Waals surface area contributed by atoms with Crippen molar-refractivity contribution in [1.82, 2.24) is 15.6 Å². The van der Waals surface area contributed by atoms with Gasteiger partial charge >= 0.3 is 0 Å². The predicted molar refractivity (Wildman–Crippen MR) is 112 cm³/mol. The van der Waals surface area contributed by atoms with Crippen LogP contribution in [0.4, 0.5) is 4.39 Å². The summed E-state index contributed by atoms with van der Waals surface area (Å²) in [6.07, 6.45) is 3.65. The van der Waals surface area contributed by atoms with E-state index < -0.39 is 0 Å². The molecule has 2 aromatic rings. The van der Waals surface area contributed by atoms with Crippen LogP contribution >= 0.6 is 24.0 Å². The summed E-state index contributed by atoms with van der Waals surface area (Å²) in [4.78, 5) is 7.71. The van der Waals surface area contributed by atoms with E-state index in [9.17, 15) is 4.39 Å². The lowest BCUT2D eigenvalue weighted by atomic mass is 10.1. The van der Waals surface area contributed by atoms with E-state index >= 15 is 0 Å². The first-order valence-electron chi connectivity index (χ1n) is 8.60. The highest BCUT2D eigenvalue weighted by atomic mass is 127. The van der Waals surface area contributed by atoms with Gasteiger partial charge in [-0.15, -0.1) is 24.0 Å². The van der Waals surface area contributed by atoms with Crippen LogP contribution in [0.15, 0.2) is 29.4 Å². The van der Waals surface area contributed by atoms with Crippen LogP contribution in [0.3, 0.4) is 0 Å². The van der Waals surface area contributed by atoms with Gasteiger partial charge in [0.2, 0.25) is 0 Å². The van der Waals surface area contributed by atoms with Crippen LogP contribution in [-0.2, 0) is 11.2 Å². The molecule has 0 aliphatic heterocycles. The van der Waals surface area contributed by atoms with Crippen molar-refractivity contribution in [1.29, 1.82) is 0 Å². The molecule has 140 valence electrons. The quantitative estimate of drug-likeness (QED) is 0.232. The number of hydrogen-bond donors (Lipinski definition) is 3. The molecule has 25 heavy (non-hydrogen) atoms. The maximum Gasteiger partial charge on any atom is 0.191 e. The van der Waals surface area contributed by atoms with E-state index in [-0.39, 0.29) is 29.8 Å². The molecule has 3 N–H and O–H groups in total. The Balaban J connectivity index is 0.00000312. The minimum atomic E-state index is -0.208. The molecule has 0 aliphatic carbocycles. The second-order valence-electron chi connectivity index (χ2n) is 5.49. The van der Waals surface area contributed by atoms with Crippen LogP contribution in [0.5, 0.6) is 0 Å². The van der Waals surface area contributed by atoms with Gasteiger partial charge in [0.1, 0.15) is 5.82 Å². The van der Waals surface area contributed by atoms with Crippen LogP contribution in [0.2, 0.25) is 0 Å². The molecule has 1 heterocycles. The van der Waals surface area contributed by atoms with Crippen LogP contribution in [0.1, 0.15) is 25.8 Å². The first-order valence-corrected chi connectivity index (χ1v) is 8.60. The number of hydrogen-bond acceptors (Lipinski definition) is 2. The van der Waals surface area contributed by atoms with Gasteiger partial charge in [0.25, 0.3) is 0 Å². The van der Waals surface area contributed by atoms with Crippen molar-refractivity contribution in [2.45, 2.75) is 26.7 Å². The van der Waals surface area contributed by atoms with E-state index in [2.05, 4.69) is 20.6 Å². The third kappa shape index (κ3) is 7.19. The molecule has 0 saturated heterocycles. The monoisotopic (exact) mass is 462 g/mol. The summed E-state index contributed by atoms with van der Waals surface area (Å²) >= 11 is 0. The van der Waals surface area contributed by atoms with Crippen LogP contribution in [-0.4, -0.2) is 43.8 Å².